The van der Waals surface area contributed by atoms with E-state index in [0.29, 0.717) is 12.5 Å². The van der Waals surface area contributed by atoms with E-state index in [0.717, 1.165) is 5.69 Å². The van der Waals surface area contributed by atoms with E-state index >= 15 is 0 Å². The zero-order valence-electron chi connectivity index (χ0n) is 8.73. The first-order valence-corrected chi connectivity index (χ1v) is 4.54. The highest BCUT2D eigenvalue weighted by atomic mass is 15.2. The van der Waals surface area contributed by atoms with Crippen LogP contribution in [0.2, 0.25) is 0 Å². The van der Waals surface area contributed by atoms with E-state index in [1.807, 2.05) is 31.9 Å². The number of nitrogens with zero attached hydrogens (tertiary/aromatic N) is 4. The summed E-state index contributed by atoms with van der Waals surface area (Å²) >= 11 is 0. The van der Waals surface area contributed by atoms with Crippen LogP contribution in [0, 0.1) is 24.2 Å². The largest absolute Gasteiger partial charge is 0.343 e. The SMILES string of the molecule is Cc1ccnc(N(C)CC(C)C#N)n1. The highest BCUT2D eigenvalue weighted by molar-refractivity contribution is 5.28. The van der Waals surface area contributed by atoms with Crippen molar-refractivity contribution in [1.82, 2.24) is 9.97 Å². The van der Waals surface area contributed by atoms with Gasteiger partial charge in [0.15, 0.2) is 0 Å². The van der Waals surface area contributed by atoms with E-state index in [-0.39, 0.29) is 5.92 Å². The molecule has 0 aliphatic rings. The molecule has 0 radical (unpaired) electrons. The van der Waals surface area contributed by atoms with E-state index < -0.39 is 0 Å². The fourth-order valence-corrected chi connectivity index (χ4v) is 1.15. The Morgan fingerprint density at radius 3 is 2.93 bits per heavy atom. The zero-order valence-corrected chi connectivity index (χ0v) is 8.73. The Kier molecular flexibility index (Phi) is 3.41. The second-order valence-corrected chi connectivity index (χ2v) is 3.41. The van der Waals surface area contributed by atoms with Gasteiger partial charge in [0.2, 0.25) is 5.95 Å². The molecule has 0 fully saturated rings. The Hall–Kier alpha value is -1.63. The second kappa shape index (κ2) is 4.56. The van der Waals surface area contributed by atoms with Crippen LogP contribution < -0.4 is 4.90 Å². The first-order valence-electron chi connectivity index (χ1n) is 4.54. The summed E-state index contributed by atoms with van der Waals surface area (Å²) in [4.78, 5) is 10.3. The van der Waals surface area contributed by atoms with Gasteiger partial charge in [-0.25, -0.2) is 9.97 Å². The number of aryl methyl sites for hydroxylation is 1. The summed E-state index contributed by atoms with van der Waals surface area (Å²) in [6.07, 6.45) is 1.73. The van der Waals surface area contributed by atoms with Crippen LogP contribution in [0.4, 0.5) is 5.95 Å². The zero-order chi connectivity index (χ0) is 10.6. The van der Waals surface area contributed by atoms with Gasteiger partial charge < -0.3 is 4.90 Å². The molecule has 74 valence electrons. The summed E-state index contributed by atoms with van der Waals surface area (Å²) in [5.41, 5.74) is 0.937. The molecule has 0 saturated carbocycles. The first kappa shape index (κ1) is 10.5. The average Bonchev–Trinajstić information content (AvgIpc) is 2.17. The summed E-state index contributed by atoms with van der Waals surface area (Å²) in [7, 11) is 1.89. The maximum absolute atomic E-state index is 8.67. The number of hydrogen-bond acceptors (Lipinski definition) is 4. The topological polar surface area (TPSA) is 52.8 Å². The predicted molar refractivity (Wildman–Crippen MR) is 54.8 cm³/mol. The van der Waals surface area contributed by atoms with Gasteiger partial charge in [-0.05, 0) is 19.9 Å². The van der Waals surface area contributed by atoms with Gasteiger partial charge in [-0.1, -0.05) is 0 Å². The minimum Gasteiger partial charge on any atom is -0.343 e. The van der Waals surface area contributed by atoms with Crippen LogP contribution in [0.25, 0.3) is 0 Å². The molecule has 4 heteroatoms. The van der Waals surface area contributed by atoms with Crippen molar-refractivity contribution in [2.75, 3.05) is 18.5 Å². The minimum absolute atomic E-state index is 0.0101. The fourth-order valence-electron chi connectivity index (χ4n) is 1.15. The Labute approximate surface area is 84.2 Å². The number of nitriles is 1. The lowest BCUT2D eigenvalue weighted by molar-refractivity contribution is 0.701. The van der Waals surface area contributed by atoms with Crippen molar-refractivity contribution in [2.45, 2.75) is 13.8 Å². The van der Waals surface area contributed by atoms with Crippen LogP contribution in [0.3, 0.4) is 0 Å². The molecule has 0 saturated heterocycles. The lowest BCUT2D eigenvalue weighted by atomic mass is 10.2. The standard InChI is InChI=1S/C10H14N4/c1-8(6-11)7-14(3)10-12-5-4-9(2)13-10/h4-5,8H,7H2,1-3H3. The molecule has 1 unspecified atom stereocenters. The molecule has 0 aliphatic carbocycles. The van der Waals surface area contributed by atoms with Crippen LogP contribution in [0.5, 0.6) is 0 Å². The van der Waals surface area contributed by atoms with Crippen LogP contribution >= 0.6 is 0 Å². The van der Waals surface area contributed by atoms with Gasteiger partial charge in [0.1, 0.15) is 0 Å². The molecule has 0 aromatic carbocycles. The quantitative estimate of drug-likeness (QED) is 0.722. The molecule has 0 aliphatic heterocycles. The van der Waals surface area contributed by atoms with Crippen LogP contribution in [-0.2, 0) is 0 Å². The van der Waals surface area contributed by atoms with Crippen molar-refractivity contribution in [3.63, 3.8) is 0 Å². The first-order chi connectivity index (χ1) is 6.63. The molecule has 1 aromatic rings. The van der Waals surface area contributed by atoms with E-state index in [1.54, 1.807) is 6.20 Å². The van der Waals surface area contributed by atoms with Crippen molar-refractivity contribution in [3.05, 3.63) is 18.0 Å². The Balaban J connectivity index is 2.70. The molecular weight excluding hydrogens is 176 g/mol. The van der Waals surface area contributed by atoms with E-state index in [4.69, 9.17) is 5.26 Å². The van der Waals surface area contributed by atoms with Gasteiger partial charge >= 0.3 is 0 Å². The summed E-state index contributed by atoms with van der Waals surface area (Å²) in [6, 6.07) is 4.04. The third kappa shape index (κ3) is 2.70. The minimum atomic E-state index is -0.0101. The Morgan fingerprint density at radius 2 is 2.36 bits per heavy atom. The van der Waals surface area contributed by atoms with Crippen molar-refractivity contribution in [2.24, 2.45) is 5.92 Å². The maximum Gasteiger partial charge on any atom is 0.225 e. The Bertz CT molecular complexity index is 342. The molecule has 0 bridgehead atoms. The average molecular weight is 190 g/mol. The van der Waals surface area contributed by atoms with Crippen molar-refractivity contribution in [1.29, 1.82) is 5.26 Å². The molecule has 0 amide bonds. The van der Waals surface area contributed by atoms with Gasteiger partial charge in [-0.2, -0.15) is 5.26 Å². The molecule has 1 atom stereocenters. The van der Waals surface area contributed by atoms with Gasteiger partial charge in [-0.15, -0.1) is 0 Å². The molecule has 0 N–H and O–H groups in total. The van der Waals surface area contributed by atoms with Crippen molar-refractivity contribution >= 4 is 5.95 Å². The summed E-state index contributed by atoms with van der Waals surface area (Å²) in [6.45, 7) is 4.46. The monoisotopic (exact) mass is 190 g/mol. The van der Waals surface area contributed by atoms with Crippen LogP contribution in [-0.4, -0.2) is 23.6 Å². The van der Waals surface area contributed by atoms with E-state index in [9.17, 15) is 0 Å². The van der Waals surface area contributed by atoms with Gasteiger partial charge in [0.25, 0.3) is 0 Å². The molecule has 1 heterocycles. The normalized spacial score (nSPS) is 11.9. The third-order valence-electron chi connectivity index (χ3n) is 1.89. The van der Waals surface area contributed by atoms with Crippen molar-refractivity contribution in [3.8, 4) is 6.07 Å². The molecule has 4 nitrogen and oxygen atoms in total. The maximum atomic E-state index is 8.67. The summed E-state index contributed by atoms with van der Waals surface area (Å²) in [5, 5.41) is 8.67. The number of hydrogen-bond donors (Lipinski definition) is 0. The number of anilines is 1. The lowest BCUT2D eigenvalue weighted by Gasteiger charge is -2.17. The lowest BCUT2D eigenvalue weighted by Crippen LogP contribution is -2.25. The van der Waals surface area contributed by atoms with Gasteiger partial charge in [-0.3, -0.25) is 0 Å². The third-order valence-corrected chi connectivity index (χ3v) is 1.89. The smallest absolute Gasteiger partial charge is 0.225 e. The highest BCUT2D eigenvalue weighted by Gasteiger charge is 2.08. The summed E-state index contributed by atoms with van der Waals surface area (Å²) < 4.78 is 0. The Morgan fingerprint density at radius 1 is 1.64 bits per heavy atom. The van der Waals surface area contributed by atoms with Gasteiger partial charge in [0, 0.05) is 25.5 Å². The van der Waals surface area contributed by atoms with Gasteiger partial charge in [0.05, 0.1) is 12.0 Å². The summed E-state index contributed by atoms with van der Waals surface area (Å²) in [5.74, 6) is 0.663. The second-order valence-electron chi connectivity index (χ2n) is 3.41. The molecule has 0 spiro atoms. The number of rotatable bonds is 3. The van der Waals surface area contributed by atoms with E-state index in [2.05, 4.69) is 16.0 Å². The van der Waals surface area contributed by atoms with Crippen molar-refractivity contribution < 1.29 is 0 Å². The molecule has 1 aromatic heterocycles. The molecular formula is C10H14N4. The van der Waals surface area contributed by atoms with Crippen LogP contribution in [0.15, 0.2) is 12.3 Å². The fraction of sp³-hybridized carbons (Fsp3) is 0.500. The molecule has 1 rings (SSSR count). The predicted octanol–water partition coefficient (Wildman–Crippen LogP) is 1.38. The van der Waals surface area contributed by atoms with Crippen LogP contribution in [0.1, 0.15) is 12.6 Å². The highest BCUT2D eigenvalue weighted by Crippen LogP contribution is 2.07. The van der Waals surface area contributed by atoms with E-state index in [1.165, 1.54) is 0 Å². The number of aromatic nitrogens is 2. The molecule has 14 heavy (non-hydrogen) atoms.